The first-order valence-electron chi connectivity index (χ1n) is 4.22. The fraction of sp³-hybridized carbons (Fsp3) is 0.875. The van der Waals surface area contributed by atoms with Gasteiger partial charge >= 0.3 is 5.97 Å². The van der Waals surface area contributed by atoms with Crippen LogP contribution < -0.4 is 5.32 Å². The molecule has 0 spiro atoms. The van der Waals surface area contributed by atoms with Crippen LogP contribution in [-0.4, -0.2) is 24.2 Å². The van der Waals surface area contributed by atoms with Gasteiger partial charge in [-0.1, -0.05) is 0 Å². The van der Waals surface area contributed by atoms with E-state index in [1.54, 1.807) is 0 Å². The fourth-order valence-electron chi connectivity index (χ4n) is 2.29. The van der Waals surface area contributed by atoms with Crippen LogP contribution in [0.15, 0.2) is 0 Å². The van der Waals surface area contributed by atoms with Crippen LogP contribution in [0.4, 0.5) is 0 Å². The zero-order chi connectivity index (χ0) is 7.84. The quantitative estimate of drug-likeness (QED) is 0.573. The number of hydrogen-bond donors (Lipinski definition) is 2. The summed E-state index contributed by atoms with van der Waals surface area (Å²) in [4.78, 5) is 10.6. The maximum absolute atomic E-state index is 10.6. The molecule has 2 aliphatic rings. The second kappa shape index (κ2) is 2.48. The third-order valence-electron chi connectivity index (χ3n) is 3.07. The first-order chi connectivity index (χ1) is 5.29. The maximum Gasteiger partial charge on any atom is 0.306 e. The van der Waals surface area contributed by atoms with E-state index in [0.717, 1.165) is 19.5 Å². The fourth-order valence-corrected chi connectivity index (χ4v) is 2.29. The van der Waals surface area contributed by atoms with Crippen molar-refractivity contribution in [2.75, 3.05) is 13.1 Å². The van der Waals surface area contributed by atoms with Crippen molar-refractivity contribution in [1.29, 1.82) is 0 Å². The third kappa shape index (κ3) is 1.03. The van der Waals surface area contributed by atoms with Crippen molar-refractivity contribution in [2.45, 2.75) is 12.8 Å². The third-order valence-corrected chi connectivity index (χ3v) is 3.07. The molecular weight excluding hydrogens is 142 g/mol. The normalized spacial score (nSPS) is 42.4. The highest BCUT2D eigenvalue weighted by Gasteiger charge is 2.45. The molecule has 0 aromatic rings. The summed E-state index contributed by atoms with van der Waals surface area (Å²) in [5, 5.41) is 12.0. The van der Waals surface area contributed by atoms with Crippen molar-refractivity contribution in [3.8, 4) is 0 Å². The Kier molecular flexibility index (Phi) is 1.60. The van der Waals surface area contributed by atoms with E-state index < -0.39 is 5.97 Å². The van der Waals surface area contributed by atoms with E-state index in [1.165, 1.54) is 6.42 Å². The molecule has 1 saturated heterocycles. The minimum Gasteiger partial charge on any atom is -0.481 e. The molecule has 3 heteroatoms. The van der Waals surface area contributed by atoms with Gasteiger partial charge in [-0.2, -0.15) is 0 Å². The highest BCUT2D eigenvalue weighted by Crippen LogP contribution is 2.43. The smallest absolute Gasteiger partial charge is 0.306 e. The van der Waals surface area contributed by atoms with E-state index in [2.05, 4.69) is 5.32 Å². The second-order valence-electron chi connectivity index (χ2n) is 3.60. The van der Waals surface area contributed by atoms with Crippen LogP contribution in [0, 0.1) is 17.8 Å². The van der Waals surface area contributed by atoms with Crippen LogP contribution in [-0.2, 0) is 4.79 Å². The van der Waals surface area contributed by atoms with Gasteiger partial charge in [-0.3, -0.25) is 4.79 Å². The summed E-state index contributed by atoms with van der Waals surface area (Å²) in [5.74, 6) is 0.487. The van der Waals surface area contributed by atoms with Crippen LogP contribution >= 0.6 is 0 Å². The highest BCUT2D eigenvalue weighted by molar-refractivity contribution is 5.71. The molecule has 0 amide bonds. The summed E-state index contributed by atoms with van der Waals surface area (Å²) in [6.45, 7) is 2.00. The predicted molar refractivity (Wildman–Crippen MR) is 40.2 cm³/mol. The molecule has 1 aliphatic heterocycles. The van der Waals surface area contributed by atoms with E-state index in [4.69, 9.17) is 5.11 Å². The Labute approximate surface area is 65.8 Å². The number of rotatable bonds is 1. The molecule has 1 aliphatic carbocycles. The number of nitrogens with one attached hydrogen (secondary N) is 1. The van der Waals surface area contributed by atoms with Gasteiger partial charge in [0.1, 0.15) is 0 Å². The van der Waals surface area contributed by atoms with Gasteiger partial charge in [0.05, 0.1) is 5.92 Å². The van der Waals surface area contributed by atoms with Gasteiger partial charge in [0.15, 0.2) is 0 Å². The van der Waals surface area contributed by atoms with Gasteiger partial charge < -0.3 is 10.4 Å². The largest absolute Gasteiger partial charge is 0.481 e. The lowest BCUT2D eigenvalue weighted by atomic mass is 9.62. The SMILES string of the molecule is O=C(O)[C@@H]1C[C@H]2CCNC[C@H]21. The highest BCUT2D eigenvalue weighted by atomic mass is 16.4. The predicted octanol–water partition coefficient (Wildman–Crippen LogP) is 0.317. The van der Waals surface area contributed by atoms with Crippen LogP contribution in [0.3, 0.4) is 0 Å². The topological polar surface area (TPSA) is 49.3 Å². The monoisotopic (exact) mass is 155 g/mol. The minimum atomic E-state index is -0.602. The van der Waals surface area contributed by atoms with Crippen molar-refractivity contribution >= 4 is 5.97 Å². The Balaban J connectivity index is 1.96. The Bertz CT molecular complexity index is 181. The zero-order valence-electron chi connectivity index (χ0n) is 6.42. The number of carboxylic acids is 1. The molecule has 0 aromatic carbocycles. The molecule has 62 valence electrons. The van der Waals surface area contributed by atoms with Crippen LogP contribution in [0.2, 0.25) is 0 Å². The molecule has 0 radical (unpaired) electrons. The van der Waals surface area contributed by atoms with Crippen LogP contribution in [0.1, 0.15) is 12.8 Å². The van der Waals surface area contributed by atoms with Crippen molar-refractivity contribution in [3.63, 3.8) is 0 Å². The zero-order valence-corrected chi connectivity index (χ0v) is 6.42. The lowest BCUT2D eigenvalue weighted by molar-refractivity contribution is -0.152. The van der Waals surface area contributed by atoms with Crippen molar-refractivity contribution in [1.82, 2.24) is 5.32 Å². The maximum atomic E-state index is 10.6. The number of fused-ring (bicyclic) bond motifs is 1. The Morgan fingerprint density at radius 3 is 3.00 bits per heavy atom. The first kappa shape index (κ1) is 7.10. The lowest BCUT2D eigenvalue weighted by Gasteiger charge is -2.45. The van der Waals surface area contributed by atoms with E-state index >= 15 is 0 Å². The molecular formula is C8H13NO2. The first-order valence-corrected chi connectivity index (χ1v) is 4.22. The minimum absolute atomic E-state index is 0.0483. The Morgan fingerprint density at radius 2 is 2.36 bits per heavy atom. The molecule has 2 rings (SSSR count). The average Bonchev–Trinajstić information content (AvgIpc) is 1.90. The van der Waals surface area contributed by atoms with Gasteiger partial charge in [0.2, 0.25) is 0 Å². The molecule has 0 aromatic heterocycles. The van der Waals surface area contributed by atoms with Gasteiger partial charge in [-0.15, -0.1) is 0 Å². The number of carbonyl (C=O) groups is 1. The van der Waals surface area contributed by atoms with Crippen LogP contribution in [0.5, 0.6) is 0 Å². The van der Waals surface area contributed by atoms with E-state index in [1.807, 2.05) is 0 Å². The summed E-state index contributed by atoms with van der Waals surface area (Å²) >= 11 is 0. The van der Waals surface area contributed by atoms with E-state index in [9.17, 15) is 4.79 Å². The summed E-state index contributed by atoms with van der Waals surface area (Å²) in [5.41, 5.74) is 0. The van der Waals surface area contributed by atoms with E-state index in [0.29, 0.717) is 11.8 Å². The molecule has 1 heterocycles. The van der Waals surface area contributed by atoms with Gasteiger partial charge in [-0.05, 0) is 37.8 Å². The molecule has 2 N–H and O–H groups in total. The van der Waals surface area contributed by atoms with Gasteiger partial charge in [0, 0.05) is 0 Å². The van der Waals surface area contributed by atoms with Crippen molar-refractivity contribution in [3.05, 3.63) is 0 Å². The van der Waals surface area contributed by atoms with Crippen LogP contribution in [0.25, 0.3) is 0 Å². The Morgan fingerprint density at radius 1 is 1.55 bits per heavy atom. The Hall–Kier alpha value is -0.570. The number of carboxylic acid groups (broad SMARTS) is 1. The van der Waals surface area contributed by atoms with Crippen molar-refractivity contribution in [2.24, 2.45) is 17.8 Å². The average molecular weight is 155 g/mol. The van der Waals surface area contributed by atoms with E-state index in [-0.39, 0.29) is 5.92 Å². The molecule has 1 saturated carbocycles. The molecule has 0 unspecified atom stereocenters. The number of hydrogen-bond acceptors (Lipinski definition) is 2. The summed E-state index contributed by atoms with van der Waals surface area (Å²) in [7, 11) is 0. The van der Waals surface area contributed by atoms with Gasteiger partial charge in [0.25, 0.3) is 0 Å². The number of piperidine rings is 1. The molecule has 11 heavy (non-hydrogen) atoms. The van der Waals surface area contributed by atoms with Gasteiger partial charge in [-0.25, -0.2) is 0 Å². The molecule has 3 atom stereocenters. The lowest BCUT2D eigenvalue weighted by Crippen LogP contribution is -2.51. The summed E-state index contributed by atoms with van der Waals surface area (Å²) < 4.78 is 0. The molecule has 0 bridgehead atoms. The number of aliphatic carboxylic acids is 1. The standard InChI is InChI=1S/C8H13NO2/c10-8(11)6-3-5-1-2-9-4-7(5)6/h5-7,9H,1-4H2,(H,10,11)/t5-,6-,7-/m1/s1. The summed E-state index contributed by atoms with van der Waals surface area (Å²) in [6, 6.07) is 0. The molecule has 3 nitrogen and oxygen atoms in total. The van der Waals surface area contributed by atoms with Crippen molar-refractivity contribution < 1.29 is 9.90 Å². The second-order valence-corrected chi connectivity index (χ2v) is 3.60. The summed E-state index contributed by atoms with van der Waals surface area (Å²) in [6.07, 6.45) is 2.09. The molecule has 2 fully saturated rings.